The lowest BCUT2D eigenvalue weighted by Crippen LogP contribution is -2.59. The molecule has 0 radical (unpaired) electrons. The Balaban J connectivity index is 1.55. The summed E-state index contributed by atoms with van der Waals surface area (Å²) >= 11 is 0. The highest BCUT2D eigenvalue weighted by Gasteiger charge is 2.64. The molecule has 4 rings (SSSR count). The van der Waals surface area contributed by atoms with Gasteiger partial charge in [-0.15, -0.1) is 0 Å². The molecular formula is C24H24F2N2O6. The summed E-state index contributed by atoms with van der Waals surface area (Å²) in [7, 11) is 0. The van der Waals surface area contributed by atoms with Crippen LogP contribution in [0.1, 0.15) is 34.1 Å². The van der Waals surface area contributed by atoms with Gasteiger partial charge in [-0.3, -0.25) is 4.90 Å². The predicted octanol–water partition coefficient (Wildman–Crippen LogP) is 3.23. The Bertz CT molecular complexity index is 1040. The number of halogens is 2. The first-order valence-corrected chi connectivity index (χ1v) is 10.9. The molecule has 2 heterocycles. The fourth-order valence-electron chi connectivity index (χ4n) is 3.88. The molecule has 2 aliphatic heterocycles. The number of benzene rings is 2. The van der Waals surface area contributed by atoms with Crippen molar-refractivity contribution in [2.45, 2.75) is 43.7 Å². The number of hydrogen-bond donors (Lipinski definition) is 1. The standard InChI is InChI=1S/C24H24F2N2O6/c1-15-12-13-28(23(31)27-15)22-24(25,26)19(34-21(30)17-10-6-3-7-11-17)18(33-22)14-32-20(29)16-8-4-2-5-9-16/h2-11,15,18-19,22H,12-14H2,1H3,(H,27,31)/t15?,18-,19-,22?/m1/s1. The van der Waals surface area contributed by atoms with Gasteiger partial charge in [-0.25, -0.2) is 14.4 Å². The van der Waals surface area contributed by atoms with Crippen LogP contribution in [0.25, 0.3) is 0 Å². The molecule has 4 atom stereocenters. The summed E-state index contributed by atoms with van der Waals surface area (Å²) in [5.41, 5.74) is 0.303. The number of amides is 2. The molecule has 8 nitrogen and oxygen atoms in total. The van der Waals surface area contributed by atoms with E-state index in [1.54, 1.807) is 43.3 Å². The third-order valence-corrected chi connectivity index (χ3v) is 5.70. The number of esters is 2. The molecule has 0 saturated carbocycles. The summed E-state index contributed by atoms with van der Waals surface area (Å²) in [5.74, 6) is -5.48. The van der Waals surface area contributed by atoms with E-state index in [2.05, 4.69) is 5.32 Å². The molecule has 2 fully saturated rings. The summed E-state index contributed by atoms with van der Waals surface area (Å²) in [6, 6.07) is 14.8. The van der Waals surface area contributed by atoms with Crippen molar-refractivity contribution in [1.82, 2.24) is 10.2 Å². The minimum Gasteiger partial charge on any atom is -0.459 e. The average Bonchev–Trinajstić information content (AvgIpc) is 3.08. The Morgan fingerprint density at radius 2 is 1.65 bits per heavy atom. The molecule has 1 N–H and O–H groups in total. The van der Waals surface area contributed by atoms with Crippen LogP contribution in [-0.4, -0.2) is 66.4 Å². The second kappa shape index (κ2) is 9.76. The van der Waals surface area contributed by atoms with Crippen LogP contribution in [0, 0.1) is 0 Å². The van der Waals surface area contributed by atoms with Crippen LogP contribution in [0.5, 0.6) is 0 Å². The zero-order valence-corrected chi connectivity index (χ0v) is 18.4. The number of hydrogen-bond acceptors (Lipinski definition) is 6. The molecule has 0 aromatic heterocycles. The van der Waals surface area contributed by atoms with Gasteiger partial charge in [0.25, 0.3) is 0 Å². The van der Waals surface area contributed by atoms with E-state index >= 15 is 8.78 Å². The summed E-state index contributed by atoms with van der Waals surface area (Å²) < 4.78 is 47.0. The number of ether oxygens (including phenoxy) is 3. The molecule has 180 valence electrons. The molecule has 10 heteroatoms. The molecule has 2 unspecified atom stereocenters. The lowest BCUT2D eigenvalue weighted by Gasteiger charge is -2.37. The minimum atomic E-state index is -3.76. The summed E-state index contributed by atoms with van der Waals surface area (Å²) in [6.07, 6.45) is -5.13. The molecule has 34 heavy (non-hydrogen) atoms. The van der Waals surface area contributed by atoms with Crippen molar-refractivity contribution in [2.75, 3.05) is 13.2 Å². The molecule has 2 saturated heterocycles. The Morgan fingerprint density at radius 3 is 2.24 bits per heavy atom. The van der Waals surface area contributed by atoms with E-state index in [4.69, 9.17) is 14.2 Å². The summed E-state index contributed by atoms with van der Waals surface area (Å²) in [6.45, 7) is 1.20. The highest BCUT2D eigenvalue weighted by molar-refractivity contribution is 5.90. The van der Waals surface area contributed by atoms with E-state index in [9.17, 15) is 14.4 Å². The van der Waals surface area contributed by atoms with Crippen LogP contribution >= 0.6 is 0 Å². The van der Waals surface area contributed by atoms with E-state index in [-0.39, 0.29) is 23.7 Å². The quantitative estimate of drug-likeness (QED) is 0.646. The van der Waals surface area contributed by atoms with Gasteiger partial charge in [0.15, 0.2) is 6.10 Å². The number of carbonyl (C=O) groups excluding carboxylic acids is 3. The smallest absolute Gasteiger partial charge is 0.338 e. The first-order valence-electron chi connectivity index (χ1n) is 10.9. The lowest BCUT2D eigenvalue weighted by molar-refractivity contribution is -0.157. The number of rotatable bonds is 6. The maximum absolute atomic E-state index is 15.5. The van der Waals surface area contributed by atoms with Crippen molar-refractivity contribution in [3.8, 4) is 0 Å². The maximum atomic E-state index is 15.5. The van der Waals surface area contributed by atoms with Crippen molar-refractivity contribution in [3.63, 3.8) is 0 Å². The van der Waals surface area contributed by atoms with Gasteiger partial charge in [-0.1, -0.05) is 36.4 Å². The first kappa shape index (κ1) is 23.6. The Labute approximate surface area is 194 Å². The molecule has 2 amide bonds. The topological polar surface area (TPSA) is 94.2 Å². The average molecular weight is 474 g/mol. The Kier molecular flexibility index (Phi) is 6.78. The number of nitrogens with one attached hydrogen (secondary N) is 1. The highest BCUT2D eigenvalue weighted by atomic mass is 19.3. The molecule has 0 spiro atoms. The first-order chi connectivity index (χ1) is 16.3. The van der Waals surface area contributed by atoms with E-state index in [1.807, 2.05) is 0 Å². The SMILES string of the molecule is CC1CCN(C2O[C@H](COC(=O)c3ccccc3)[C@@H](OC(=O)c3ccccc3)C2(F)F)C(=O)N1. The van der Waals surface area contributed by atoms with E-state index in [1.165, 1.54) is 24.3 Å². The van der Waals surface area contributed by atoms with Crippen molar-refractivity contribution < 1.29 is 37.4 Å². The van der Waals surface area contributed by atoms with Gasteiger partial charge in [0.2, 0.25) is 6.23 Å². The zero-order valence-electron chi connectivity index (χ0n) is 18.4. The number of alkyl halides is 2. The van der Waals surface area contributed by atoms with Crippen LogP contribution in [0.3, 0.4) is 0 Å². The van der Waals surface area contributed by atoms with E-state index in [0.29, 0.717) is 6.42 Å². The van der Waals surface area contributed by atoms with Gasteiger partial charge in [0.05, 0.1) is 11.1 Å². The minimum absolute atomic E-state index is 0.0309. The monoisotopic (exact) mass is 474 g/mol. The van der Waals surface area contributed by atoms with Crippen LogP contribution < -0.4 is 5.32 Å². The van der Waals surface area contributed by atoms with Crippen molar-refractivity contribution >= 4 is 18.0 Å². The molecule has 2 aliphatic rings. The van der Waals surface area contributed by atoms with E-state index in [0.717, 1.165) is 4.90 Å². The molecule has 2 aromatic carbocycles. The van der Waals surface area contributed by atoms with Crippen LogP contribution in [0.2, 0.25) is 0 Å². The maximum Gasteiger partial charge on any atom is 0.338 e. The van der Waals surface area contributed by atoms with Gasteiger partial charge in [-0.05, 0) is 37.6 Å². The fourth-order valence-corrected chi connectivity index (χ4v) is 3.88. The van der Waals surface area contributed by atoms with E-state index < -0.39 is 48.9 Å². The van der Waals surface area contributed by atoms with Gasteiger partial charge >= 0.3 is 23.9 Å². The van der Waals surface area contributed by atoms with Crippen LogP contribution in [-0.2, 0) is 14.2 Å². The second-order valence-corrected chi connectivity index (χ2v) is 8.19. The second-order valence-electron chi connectivity index (χ2n) is 8.19. The molecule has 0 bridgehead atoms. The van der Waals surface area contributed by atoms with Crippen molar-refractivity contribution in [2.24, 2.45) is 0 Å². The number of nitrogens with zero attached hydrogens (tertiary/aromatic N) is 1. The largest absolute Gasteiger partial charge is 0.459 e. The summed E-state index contributed by atoms with van der Waals surface area (Å²) in [5, 5.41) is 2.59. The third-order valence-electron chi connectivity index (χ3n) is 5.70. The van der Waals surface area contributed by atoms with Gasteiger partial charge in [-0.2, -0.15) is 8.78 Å². The number of urea groups is 1. The lowest BCUT2D eigenvalue weighted by atomic mass is 10.1. The van der Waals surface area contributed by atoms with Crippen LogP contribution in [0.15, 0.2) is 60.7 Å². The Hall–Kier alpha value is -3.53. The fraction of sp³-hybridized carbons (Fsp3) is 0.375. The molecule has 2 aromatic rings. The Morgan fingerprint density at radius 1 is 1.06 bits per heavy atom. The number of carbonyl (C=O) groups is 3. The van der Waals surface area contributed by atoms with Crippen molar-refractivity contribution in [3.05, 3.63) is 71.8 Å². The summed E-state index contributed by atoms with van der Waals surface area (Å²) in [4.78, 5) is 38.2. The molecular weight excluding hydrogens is 450 g/mol. The predicted molar refractivity (Wildman–Crippen MR) is 115 cm³/mol. The van der Waals surface area contributed by atoms with Gasteiger partial charge in [0.1, 0.15) is 12.7 Å². The highest BCUT2D eigenvalue weighted by Crippen LogP contribution is 2.41. The molecule has 0 aliphatic carbocycles. The van der Waals surface area contributed by atoms with Gasteiger partial charge in [0, 0.05) is 12.6 Å². The van der Waals surface area contributed by atoms with Gasteiger partial charge < -0.3 is 19.5 Å². The third kappa shape index (κ3) is 4.86. The normalized spacial score (nSPS) is 26.0. The zero-order chi connectivity index (χ0) is 24.3. The van der Waals surface area contributed by atoms with Crippen molar-refractivity contribution in [1.29, 1.82) is 0 Å². The van der Waals surface area contributed by atoms with Crippen LogP contribution in [0.4, 0.5) is 13.6 Å².